The molecule has 5 heteroatoms. The van der Waals surface area contributed by atoms with Crippen LogP contribution in [-0.2, 0) is 4.79 Å². The number of amides is 3. The quantitative estimate of drug-likeness (QED) is 0.856. The Labute approximate surface area is 118 Å². The molecule has 1 aliphatic heterocycles. The summed E-state index contributed by atoms with van der Waals surface area (Å²) in [5, 5.41) is 2.64. The molecule has 1 aliphatic rings. The molecule has 0 saturated carbocycles. The van der Waals surface area contributed by atoms with Crippen LogP contribution in [0.4, 0.5) is 4.79 Å². The van der Waals surface area contributed by atoms with E-state index in [4.69, 9.17) is 4.74 Å². The number of imide groups is 1. The molecule has 108 valence electrons. The number of benzene rings is 1. The molecule has 0 spiro atoms. The van der Waals surface area contributed by atoms with Crippen LogP contribution in [0.25, 0.3) is 0 Å². The van der Waals surface area contributed by atoms with Gasteiger partial charge in [0.05, 0.1) is 6.54 Å². The Kier molecular flexibility index (Phi) is 3.70. The molecule has 3 amide bonds. The first-order valence-electron chi connectivity index (χ1n) is 6.65. The molecule has 1 heterocycles. The molecule has 1 N–H and O–H groups in total. The fourth-order valence-electron chi connectivity index (χ4n) is 2.13. The van der Waals surface area contributed by atoms with Crippen LogP contribution in [0, 0.1) is 13.8 Å². The van der Waals surface area contributed by atoms with E-state index in [9.17, 15) is 9.59 Å². The number of hydrogen-bond donors (Lipinski definition) is 1. The third-order valence-electron chi connectivity index (χ3n) is 3.36. The molecule has 1 saturated heterocycles. The first-order chi connectivity index (χ1) is 9.31. The van der Waals surface area contributed by atoms with Gasteiger partial charge in [0.1, 0.15) is 17.9 Å². The van der Waals surface area contributed by atoms with Crippen molar-refractivity contribution in [3.8, 4) is 5.75 Å². The average Bonchev–Trinajstić information content (AvgIpc) is 2.55. The number of aryl methyl sites for hydroxylation is 2. The number of hydrogen-bond acceptors (Lipinski definition) is 3. The van der Waals surface area contributed by atoms with Crippen molar-refractivity contribution in [1.29, 1.82) is 0 Å². The highest BCUT2D eigenvalue weighted by Gasteiger charge is 2.43. The molecular weight excluding hydrogens is 256 g/mol. The lowest BCUT2D eigenvalue weighted by Gasteiger charge is -2.16. The van der Waals surface area contributed by atoms with Crippen molar-refractivity contribution in [2.24, 2.45) is 0 Å². The Bertz CT molecular complexity index is 552. The van der Waals surface area contributed by atoms with Gasteiger partial charge in [0, 0.05) is 0 Å². The molecule has 0 bridgehead atoms. The molecule has 0 radical (unpaired) electrons. The van der Waals surface area contributed by atoms with Gasteiger partial charge in [-0.2, -0.15) is 0 Å². The third kappa shape index (κ3) is 2.76. The van der Waals surface area contributed by atoms with Crippen LogP contribution in [0.1, 0.15) is 25.0 Å². The molecule has 0 aliphatic carbocycles. The van der Waals surface area contributed by atoms with E-state index in [-0.39, 0.29) is 18.5 Å². The molecule has 1 aromatic rings. The minimum atomic E-state index is -0.823. The first-order valence-corrected chi connectivity index (χ1v) is 6.65. The van der Waals surface area contributed by atoms with Crippen LogP contribution >= 0.6 is 0 Å². The summed E-state index contributed by atoms with van der Waals surface area (Å²) < 4.78 is 5.67. The van der Waals surface area contributed by atoms with Gasteiger partial charge in [0.15, 0.2) is 0 Å². The number of carbonyl (C=O) groups excluding carboxylic acids is 2. The summed E-state index contributed by atoms with van der Waals surface area (Å²) in [5.41, 5.74) is 1.32. The number of rotatable bonds is 4. The summed E-state index contributed by atoms with van der Waals surface area (Å²) in [6.07, 6.45) is 0. The largest absolute Gasteiger partial charge is 0.491 e. The molecule has 1 fully saturated rings. The van der Waals surface area contributed by atoms with E-state index in [2.05, 4.69) is 5.32 Å². The molecule has 0 atom stereocenters. The van der Waals surface area contributed by atoms with E-state index in [0.717, 1.165) is 16.9 Å². The van der Waals surface area contributed by atoms with E-state index >= 15 is 0 Å². The Morgan fingerprint density at radius 3 is 2.55 bits per heavy atom. The molecule has 0 aromatic heterocycles. The van der Waals surface area contributed by atoms with Gasteiger partial charge < -0.3 is 10.1 Å². The van der Waals surface area contributed by atoms with Crippen molar-refractivity contribution >= 4 is 11.9 Å². The van der Waals surface area contributed by atoms with E-state index in [1.807, 2.05) is 32.0 Å². The van der Waals surface area contributed by atoms with Gasteiger partial charge in [-0.1, -0.05) is 12.1 Å². The lowest BCUT2D eigenvalue weighted by atomic mass is 10.1. The van der Waals surface area contributed by atoms with Crippen molar-refractivity contribution in [2.75, 3.05) is 13.2 Å². The van der Waals surface area contributed by atoms with Crippen LogP contribution in [0.15, 0.2) is 18.2 Å². The van der Waals surface area contributed by atoms with Gasteiger partial charge in [-0.25, -0.2) is 4.79 Å². The molecule has 0 unspecified atom stereocenters. The first kappa shape index (κ1) is 14.4. The van der Waals surface area contributed by atoms with Crippen LogP contribution in [0.3, 0.4) is 0 Å². The Morgan fingerprint density at radius 1 is 1.25 bits per heavy atom. The summed E-state index contributed by atoms with van der Waals surface area (Å²) in [7, 11) is 0. The van der Waals surface area contributed by atoms with Crippen molar-refractivity contribution < 1.29 is 14.3 Å². The maximum Gasteiger partial charge on any atom is 0.325 e. The number of nitrogens with zero attached hydrogens (tertiary/aromatic N) is 1. The number of ether oxygens (including phenoxy) is 1. The second-order valence-corrected chi connectivity index (χ2v) is 5.63. The summed E-state index contributed by atoms with van der Waals surface area (Å²) >= 11 is 0. The van der Waals surface area contributed by atoms with E-state index in [0.29, 0.717) is 6.61 Å². The maximum atomic E-state index is 12.0. The molecule has 20 heavy (non-hydrogen) atoms. The van der Waals surface area contributed by atoms with Crippen LogP contribution in [0.2, 0.25) is 0 Å². The van der Waals surface area contributed by atoms with Gasteiger partial charge in [0.25, 0.3) is 5.91 Å². The molecule has 2 rings (SSSR count). The normalized spacial score (nSPS) is 17.3. The lowest BCUT2D eigenvalue weighted by molar-refractivity contribution is -0.130. The Morgan fingerprint density at radius 2 is 1.95 bits per heavy atom. The number of nitrogens with one attached hydrogen (secondary N) is 1. The second kappa shape index (κ2) is 5.15. The van der Waals surface area contributed by atoms with Gasteiger partial charge in [-0.15, -0.1) is 0 Å². The smallest absolute Gasteiger partial charge is 0.325 e. The molecule has 1 aromatic carbocycles. The van der Waals surface area contributed by atoms with Gasteiger partial charge in [0.2, 0.25) is 0 Å². The van der Waals surface area contributed by atoms with Gasteiger partial charge >= 0.3 is 6.03 Å². The van der Waals surface area contributed by atoms with Crippen molar-refractivity contribution in [3.63, 3.8) is 0 Å². The highest BCUT2D eigenvalue weighted by molar-refractivity contribution is 6.06. The summed E-state index contributed by atoms with van der Waals surface area (Å²) in [6.45, 7) is 7.89. The van der Waals surface area contributed by atoms with Crippen LogP contribution in [0.5, 0.6) is 5.75 Å². The fourth-order valence-corrected chi connectivity index (χ4v) is 2.13. The predicted octanol–water partition coefficient (Wildman–Crippen LogP) is 2.01. The van der Waals surface area contributed by atoms with Crippen LogP contribution in [-0.4, -0.2) is 35.5 Å². The summed E-state index contributed by atoms with van der Waals surface area (Å²) in [4.78, 5) is 24.9. The Balaban J connectivity index is 1.95. The molecular formula is C15H20N2O3. The Hall–Kier alpha value is -2.04. The highest BCUT2D eigenvalue weighted by Crippen LogP contribution is 2.20. The van der Waals surface area contributed by atoms with E-state index in [1.165, 1.54) is 4.90 Å². The van der Waals surface area contributed by atoms with E-state index in [1.54, 1.807) is 13.8 Å². The second-order valence-electron chi connectivity index (χ2n) is 5.63. The minimum absolute atomic E-state index is 0.216. The number of urea groups is 1. The topological polar surface area (TPSA) is 58.6 Å². The highest BCUT2D eigenvalue weighted by atomic mass is 16.5. The maximum absolute atomic E-state index is 12.0. The van der Waals surface area contributed by atoms with Crippen molar-refractivity contribution in [3.05, 3.63) is 29.3 Å². The average molecular weight is 276 g/mol. The summed E-state index contributed by atoms with van der Waals surface area (Å²) in [6, 6.07) is 5.60. The van der Waals surface area contributed by atoms with Crippen LogP contribution < -0.4 is 10.1 Å². The van der Waals surface area contributed by atoms with Gasteiger partial charge in [-0.3, -0.25) is 9.69 Å². The minimum Gasteiger partial charge on any atom is -0.491 e. The van der Waals surface area contributed by atoms with Gasteiger partial charge in [-0.05, 0) is 44.9 Å². The van der Waals surface area contributed by atoms with Crippen molar-refractivity contribution in [1.82, 2.24) is 10.2 Å². The zero-order valence-corrected chi connectivity index (χ0v) is 12.3. The SMILES string of the molecule is Cc1ccc(C)c(OCCN2C(=O)NC(C)(C)C2=O)c1. The zero-order valence-electron chi connectivity index (χ0n) is 12.3. The number of carbonyl (C=O) groups is 2. The standard InChI is InChI=1S/C15H20N2O3/c1-10-5-6-11(2)12(9-10)20-8-7-17-13(18)15(3,4)16-14(17)19/h5-6,9H,7-8H2,1-4H3,(H,16,19). The predicted molar refractivity (Wildman–Crippen MR) is 75.7 cm³/mol. The fraction of sp³-hybridized carbons (Fsp3) is 0.467. The third-order valence-corrected chi connectivity index (χ3v) is 3.36. The summed E-state index contributed by atoms with van der Waals surface area (Å²) in [5.74, 6) is 0.573. The zero-order chi connectivity index (χ0) is 14.9. The monoisotopic (exact) mass is 276 g/mol. The lowest BCUT2D eigenvalue weighted by Crippen LogP contribution is -2.40. The van der Waals surface area contributed by atoms with Crippen molar-refractivity contribution in [2.45, 2.75) is 33.2 Å². The van der Waals surface area contributed by atoms with E-state index < -0.39 is 5.54 Å². The molecule has 5 nitrogen and oxygen atoms in total.